The van der Waals surface area contributed by atoms with E-state index in [0.29, 0.717) is 23.8 Å². The number of para-hydroxylation sites is 1. The van der Waals surface area contributed by atoms with E-state index in [9.17, 15) is 4.79 Å². The van der Waals surface area contributed by atoms with Crippen LogP contribution in [0.15, 0.2) is 91.5 Å². The van der Waals surface area contributed by atoms with Gasteiger partial charge in [-0.15, -0.1) is 0 Å². The highest BCUT2D eigenvalue weighted by Crippen LogP contribution is 2.35. The average Bonchev–Trinajstić information content (AvgIpc) is 3.58. The molecule has 5 aromatic rings. The molecule has 0 radical (unpaired) electrons. The number of hydrogen-bond acceptors (Lipinski definition) is 5. The fourth-order valence-electron chi connectivity index (χ4n) is 4.01. The minimum Gasteiger partial charge on any atom is -0.492 e. The summed E-state index contributed by atoms with van der Waals surface area (Å²) in [4.78, 5) is 24.4. The molecule has 2 heterocycles. The first kappa shape index (κ1) is 22.8. The predicted octanol–water partition coefficient (Wildman–Crippen LogP) is 6.30. The molecule has 2 aromatic heterocycles. The van der Waals surface area contributed by atoms with Crippen molar-refractivity contribution in [2.75, 3.05) is 18.1 Å². The standard InChI is InChI=1S/C28H26N4O2S/c1-2-34-24-10-6-11-25-26(24)30-28(35-25)32(18-7-17-31-19-16-29-20-31)27(33)23-14-12-22(13-15-23)21-8-4-3-5-9-21/h3-6,8-16,19-20H,2,7,17-18H2,1H3. The highest BCUT2D eigenvalue weighted by atomic mass is 32.1. The van der Waals surface area contributed by atoms with Gasteiger partial charge in [0.2, 0.25) is 0 Å². The van der Waals surface area contributed by atoms with Crippen LogP contribution in [0.1, 0.15) is 23.7 Å². The Morgan fingerprint density at radius 2 is 1.80 bits per heavy atom. The van der Waals surface area contributed by atoms with E-state index in [2.05, 4.69) is 17.1 Å². The molecule has 0 unspecified atom stereocenters. The molecule has 0 spiro atoms. The molecule has 6 nitrogen and oxygen atoms in total. The number of aryl methyl sites for hydroxylation is 1. The van der Waals surface area contributed by atoms with Gasteiger partial charge in [0.05, 0.1) is 17.6 Å². The van der Waals surface area contributed by atoms with E-state index in [1.165, 1.54) is 11.3 Å². The summed E-state index contributed by atoms with van der Waals surface area (Å²) >= 11 is 1.51. The number of ether oxygens (including phenoxy) is 1. The normalized spacial score (nSPS) is 11.0. The lowest BCUT2D eigenvalue weighted by molar-refractivity contribution is 0.0986. The number of nitrogens with zero attached hydrogens (tertiary/aromatic N) is 4. The van der Waals surface area contributed by atoms with Crippen LogP contribution >= 0.6 is 11.3 Å². The second-order valence-electron chi connectivity index (χ2n) is 8.09. The fraction of sp³-hybridized carbons (Fsp3) is 0.179. The maximum Gasteiger partial charge on any atom is 0.260 e. The van der Waals surface area contributed by atoms with Gasteiger partial charge in [-0.3, -0.25) is 9.69 Å². The zero-order valence-corrected chi connectivity index (χ0v) is 20.3. The van der Waals surface area contributed by atoms with Crippen LogP contribution in [0.3, 0.4) is 0 Å². The first-order chi connectivity index (χ1) is 17.2. The highest BCUT2D eigenvalue weighted by Gasteiger charge is 2.22. The van der Waals surface area contributed by atoms with Crippen molar-refractivity contribution in [1.82, 2.24) is 14.5 Å². The first-order valence-corrected chi connectivity index (χ1v) is 12.5. The number of amides is 1. The van der Waals surface area contributed by atoms with Crippen molar-refractivity contribution in [1.29, 1.82) is 0 Å². The third-order valence-corrected chi connectivity index (χ3v) is 6.79. The van der Waals surface area contributed by atoms with Crippen molar-refractivity contribution < 1.29 is 9.53 Å². The topological polar surface area (TPSA) is 60.2 Å². The Kier molecular flexibility index (Phi) is 6.86. The summed E-state index contributed by atoms with van der Waals surface area (Å²) < 4.78 is 8.79. The summed E-state index contributed by atoms with van der Waals surface area (Å²) in [6, 6.07) is 23.8. The smallest absolute Gasteiger partial charge is 0.260 e. The summed E-state index contributed by atoms with van der Waals surface area (Å²) in [5.74, 6) is 0.679. The van der Waals surface area contributed by atoms with Crippen molar-refractivity contribution in [2.24, 2.45) is 0 Å². The molecular formula is C28H26N4O2S. The van der Waals surface area contributed by atoms with Gasteiger partial charge in [0.25, 0.3) is 5.91 Å². The average molecular weight is 483 g/mol. The van der Waals surface area contributed by atoms with Crippen molar-refractivity contribution in [3.05, 3.63) is 97.1 Å². The summed E-state index contributed by atoms with van der Waals surface area (Å²) in [5.41, 5.74) is 3.63. The maximum atomic E-state index is 13.7. The molecule has 0 saturated heterocycles. The first-order valence-electron chi connectivity index (χ1n) is 11.7. The number of rotatable bonds is 9. The maximum absolute atomic E-state index is 13.7. The van der Waals surface area contributed by atoms with Gasteiger partial charge in [-0.2, -0.15) is 0 Å². The third-order valence-electron chi connectivity index (χ3n) is 5.74. The molecule has 35 heavy (non-hydrogen) atoms. The molecule has 0 aliphatic rings. The lowest BCUT2D eigenvalue weighted by Gasteiger charge is -2.20. The van der Waals surface area contributed by atoms with Crippen LogP contribution < -0.4 is 9.64 Å². The monoisotopic (exact) mass is 482 g/mol. The van der Waals surface area contributed by atoms with Gasteiger partial charge in [-0.1, -0.05) is 59.9 Å². The molecule has 176 valence electrons. The Hall–Kier alpha value is -3.97. The van der Waals surface area contributed by atoms with Gasteiger partial charge in [-0.05, 0) is 48.7 Å². The SMILES string of the molecule is CCOc1cccc2sc(N(CCCn3ccnc3)C(=O)c3ccc(-c4ccccc4)cc3)nc12. The number of fused-ring (bicyclic) bond motifs is 1. The van der Waals surface area contributed by atoms with Gasteiger partial charge in [0.15, 0.2) is 5.13 Å². The number of benzene rings is 3. The number of anilines is 1. The zero-order valence-electron chi connectivity index (χ0n) is 19.5. The van der Waals surface area contributed by atoms with E-state index in [-0.39, 0.29) is 5.91 Å². The Balaban J connectivity index is 1.44. The lowest BCUT2D eigenvalue weighted by atomic mass is 10.0. The largest absolute Gasteiger partial charge is 0.492 e. The molecule has 0 N–H and O–H groups in total. The predicted molar refractivity (Wildman–Crippen MR) is 141 cm³/mol. The van der Waals surface area contributed by atoms with E-state index < -0.39 is 0 Å². The summed E-state index contributed by atoms with van der Waals surface area (Å²) in [7, 11) is 0. The molecule has 3 aromatic carbocycles. The van der Waals surface area contributed by atoms with E-state index in [0.717, 1.165) is 40.1 Å². The van der Waals surface area contributed by atoms with E-state index >= 15 is 0 Å². The Morgan fingerprint density at radius 1 is 1.00 bits per heavy atom. The van der Waals surface area contributed by atoms with E-state index in [1.807, 2.05) is 78.4 Å². The van der Waals surface area contributed by atoms with Crippen LogP contribution in [0, 0.1) is 0 Å². The van der Waals surface area contributed by atoms with Gasteiger partial charge in [0, 0.05) is 31.0 Å². The zero-order chi connectivity index (χ0) is 24.0. The molecule has 7 heteroatoms. The quantitative estimate of drug-likeness (QED) is 0.248. The van der Waals surface area contributed by atoms with Crippen LogP contribution in [-0.2, 0) is 6.54 Å². The molecule has 0 aliphatic carbocycles. The minimum absolute atomic E-state index is 0.0627. The number of hydrogen-bond donors (Lipinski definition) is 0. The van der Waals surface area contributed by atoms with Crippen LogP contribution in [0.5, 0.6) is 5.75 Å². The van der Waals surface area contributed by atoms with Gasteiger partial charge in [0.1, 0.15) is 11.3 Å². The number of carbonyl (C=O) groups excluding carboxylic acids is 1. The summed E-state index contributed by atoms with van der Waals surface area (Å²) in [5, 5.41) is 0.676. The third kappa shape index (κ3) is 5.10. The second-order valence-corrected chi connectivity index (χ2v) is 9.10. The summed E-state index contributed by atoms with van der Waals surface area (Å²) in [6.07, 6.45) is 6.26. The Bertz CT molecular complexity index is 1400. The molecule has 5 rings (SSSR count). The van der Waals surface area contributed by atoms with Crippen LogP contribution in [-0.4, -0.2) is 33.6 Å². The number of imidazole rings is 1. The van der Waals surface area contributed by atoms with Crippen molar-refractivity contribution >= 4 is 32.6 Å². The van der Waals surface area contributed by atoms with Crippen molar-refractivity contribution in [3.63, 3.8) is 0 Å². The Labute approximate surface area is 208 Å². The van der Waals surface area contributed by atoms with Crippen molar-refractivity contribution in [3.8, 4) is 16.9 Å². The van der Waals surface area contributed by atoms with E-state index in [1.54, 1.807) is 17.4 Å². The highest BCUT2D eigenvalue weighted by molar-refractivity contribution is 7.22. The molecule has 0 fully saturated rings. The van der Waals surface area contributed by atoms with Crippen LogP contribution in [0.2, 0.25) is 0 Å². The van der Waals surface area contributed by atoms with E-state index in [4.69, 9.17) is 9.72 Å². The number of carbonyl (C=O) groups is 1. The van der Waals surface area contributed by atoms with Gasteiger partial charge < -0.3 is 9.30 Å². The lowest BCUT2D eigenvalue weighted by Crippen LogP contribution is -2.32. The number of thiazole rings is 1. The molecule has 0 bridgehead atoms. The molecular weight excluding hydrogens is 456 g/mol. The van der Waals surface area contributed by atoms with Crippen LogP contribution in [0.25, 0.3) is 21.3 Å². The molecule has 1 amide bonds. The van der Waals surface area contributed by atoms with Gasteiger partial charge in [-0.25, -0.2) is 9.97 Å². The number of aromatic nitrogens is 3. The van der Waals surface area contributed by atoms with Crippen molar-refractivity contribution in [2.45, 2.75) is 19.9 Å². The minimum atomic E-state index is -0.0627. The second kappa shape index (κ2) is 10.5. The Morgan fingerprint density at radius 3 is 2.54 bits per heavy atom. The molecule has 0 atom stereocenters. The van der Waals surface area contributed by atoms with Crippen LogP contribution in [0.4, 0.5) is 5.13 Å². The molecule has 0 aliphatic heterocycles. The molecule has 0 saturated carbocycles. The summed E-state index contributed by atoms with van der Waals surface area (Å²) in [6.45, 7) is 3.83. The van der Waals surface area contributed by atoms with Gasteiger partial charge >= 0.3 is 0 Å². The fourth-order valence-corrected chi connectivity index (χ4v) is 5.01.